The number of hydrogen-bond donors (Lipinski definition) is 0. The van der Waals surface area contributed by atoms with Gasteiger partial charge >= 0.3 is 0 Å². The van der Waals surface area contributed by atoms with E-state index < -0.39 is 0 Å². The van der Waals surface area contributed by atoms with Crippen molar-refractivity contribution in [2.24, 2.45) is 0 Å². The van der Waals surface area contributed by atoms with Gasteiger partial charge in [0.15, 0.2) is 5.78 Å². The third-order valence-corrected chi connectivity index (χ3v) is 4.63. The van der Waals surface area contributed by atoms with Crippen molar-refractivity contribution >= 4 is 5.78 Å². The standard InChI is InChI=1S/C21H18FNO3/c22-16-9-5-14(6-10-16)21(24)15-7-11-17(12-8-15)25-13-19-18-3-1-2-4-20(18)26-23-19/h5-12H,1-4,13H2. The fourth-order valence-corrected chi connectivity index (χ4v) is 3.18. The van der Waals surface area contributed by atoms with Crippen molar-refractivity contribution in [2.45, 2.75) is 32.3 Å². The summed E-state index contributed by atoms with van der Waals surface area (Å²) < 4.78 is 24.1. The lowest BCUT2D eigenvalue weighted by Gasteiger charge is -2.10. The maximum Gasteiger partial charge on any atom is 0.193 e. The maximum absolute atomic E-state index is 13.0. The third-order valence-electron chi connectivity index (χ3n) is 4.63. The molecule has 5 heteroatoms. The molecule has 0 saturated carbocycles. The summed E-state index contributed by atoms with van der Waals surface area (Å²) in [6.45, 7) is 0.351. The maximum atomic E-state index is 13.0. The minimum Gasteiger partial charge on any atom is -0.487 e. The predicted octanol–water partition coefficient (Wildman–Crippen LogP) is 4.50. The number of halogens is 1. The van der Waals surface area contributed by atoms with Crippen molar-refractivity contribution < 1.29 is 18.4 Å². The van der Waals surface area contributed by atoms with Gasteiger partial charge in [-0.15, -0.1) is 0 Å². The molecule has 0 fully saturated rings. The van der Waals surface area contributed by atoms with Crippen molar-refractivity contribution in [3.63, 3.8) is 0 Å². The van der Waals surface area contributed by atoms with Crippen molar-refractivity contribution in [3.05, 3.63) is 82.5 Å². The lowest BCUT2D eigenvalue weighted by molar-refractivity contribution is 0.103. The molecule has 0 atom stereocenters. The van der Waals surface area contributed by atoms with E-state index in [1.165, 1.54) is 29.8 Å². The summed E-state index contributed by atoms with van der Waals surface area (Å²) in [5.74, 6) is 1.13. The van der Waals surface area contributed by atoms with Gasteiger partial charge < -0.3 is 9.26 Å². The number of aromatic nitrogens is 1. The average molecular weight is 351 g/mol. The van der Waals surface area contributed by atoms with Crippen molar-refractivity contribution in [1.82, 2.24) is 5.16 Å². The molecule has 26 heavy (non-hydrogen) atoms. The van der Waals surface area contributed by atoms with Crippen LogP contribution in [0.4, 0.5) is 4.39 Å². The molecule has 0 spiro atoms. The molecule has 0 N–H and O–H groups in total. The molecule has 1 aliphatic carbocycles. The van der Waals surface area contributed by atoms with Gasteiger partial charge in [0.1, 0.15) is 29.6 Å². The number of hydrogen-bond acceptors (Lipinski definition) is 4. The topological polar surface area (TPSA) is 52.3 Å². The second kappa shape index (κ2) is 7.12. The first-order chi connectivity index (χ1) is 12.7. The Morgan fingerprint density at radius 3 is 2.38 bits per heavy atom. The van der Waals surface area contributed by atoms with E-state index in [4.69, 9.17) is 9.26 Å². The molecule has 4 rings (SSSR count). The van der Waals surface area contributed by atoms with E-state index >= 15 is 0 Å². The molecule has 1 heterocycles. The Morgan fingerprint density at radius 2 is 1.65 bits per heavy atom. The summed E-state index contributed by atoms with van der Waals surface area (Å²) in [5, 5.41) is 4.12. The number of ether oxygens (including phenoxy) is 1. The molecule has 3 aromatic rings. The van der Waals surface area contributed by atoms with E-state index in [1.807, 2.05) is 0 Å². The zero-order chi connectivity index (χ0) is 17.9. The first-order valence-corrected chi connectivity index (χ1v) is 8.70. The molecule has 0 amide bonds. The van der Waals surface area contributed by atoms with Crippen LogP contribution in [0.25, 0.3) is 0 Å². The van der Waals surface area contributed by atoms with Crippen LogP contribution in [-0.4, -0.2) is 10.9 Å². The summed E-state index contributed by atoms with van der Waals surface area (Å²) in [4.78, 5) is 12.4. The molecule has 0 aliphatic heterocycles. The zero-order valence-corrected chi connectivity index (χ0v) is 14.2. The number of benzene rings is 2. The van der Waals surface area contributed by atoms with Crippen LogP contribution in [-0.2, 0) is 19.4 Å². The van der Waals surface area contributed by atoms with Gasteiger partial charge in [0, 0.05) is 23.1 Å². The molecule has 4 nitrogen and oxygen atoms in total. The predicted molar refractivity (Wildman–Crippen MR) is 93.8 cm³/mol. The Balaban J connectivity index is 1.42. The SMILES string of the molecule is O=C(c1ccc(F)cc1)c1ccc(OCc2noc3c2CCCC3)cc1. The van der Waals surface area contributed by atoms with Gasteiger partial charge in [0.25, 0.3) is 0 Å². The van der Waals surface area contributed by atoms with Crippen LogP contribution in [0.15, 0.2) is 53.1 Å². The van der Waals surface area contributed by atoms with E-state index in [1.54, 1.807) is 24.3 Å². The molecule has 0 saturated heterocycles. The normalized spacial score (nSPS) is 13.3. The lowest BCUT2D eigenvalue weighted by atomic mass is 9.97. The Hall–Kier alpha value is -2.95. The van der Waals surface area contributed by atoms with Crippen LogP contribution in [0.5, 0.6) is 5.75 Å². The summed E-state index contributed by atoms with van der Waals surface area (Å²) in [6, 6.07) is 12.4. The Labute approximate surface area is 150 Å². The molecule has 0 bridgehead atoms. The molecule has 2 aromatic carbocycles. The number of rotatable bonds is 5. The van der Waals surface area contributed by atoms with Crippen LogP contribution in [0.2, 0.25) is 0 Å². The Morgan fingerprint density at radius 1 is 1.00 bits per heavy atom. The molecule has 1 aromatic heterocycles. The van der Waals surface area contributed by atoms with E-state index in [0.717, 1.165) is 37.1 Å². The fourth-order valence-electron chi connectivity index (χ4n) is 3.18. The quantitative estimate of drug-likeness (QED) is 0.635. The lowest BCUT2D eigenvalue weighted by Crippen LogP contribution is -2.05. The highest BCUT2D eigenvalue weighted by molar-refractivity contribution is 6.08. The van der Waals surface area contributed by atoms with Crippen molar-refractivity contribution in [3.8, 4) is 5.75 Å². The first kappa shape index (κ1) is 16.5. The number of carbonyl (C=O) groups is 1. The average Bonchev–Trinajstić information content (AvgIpc) is 3.10. The van der Waals surface area contributed by atoms with Crippen molar-refractivity contribution in [2.75, 3.05) is 0 Å². The third kappa shape index (κ3) is 3.38. The van der Waals surface area contributed by atoms with Crippen LogP contribution in [0.3, 0.4) is 0 Å². The molecular formula is C21H18FNO3. The Kier molecular flexibility index (Phi) is 4.52. The van der Waals surface area contributed by atoms with Crippen LogP contribution >= 0.6 is 0 Å². The highest BCUT2D eigenvalue weighted by Crippen LogP contribution is 2.25. The molecule has 132 valence electrons. The van der Waals surface area contributed by atoms with Gasteiger partial charge in [-0.2, -0.15) is 0 Å². The van der Waals surface area contributed by atoms with Crippen molar-refractivity contribution in [1.29, 1.82) is 0 Å². The van der Waals surface area contributed by atoms with E-state index in [0.29, 0.717) is 23.5 Å². The molecular weight excluding hydrogens is 333 g/mol. The highest BCUT2D eigenvalue weighted by atomic mass is 19.1. The van der Waals surface area contributed by atoms with Crippen LogP contribution in [0.1, 0.15) is 45.8 Å². The van der Waals surface area contributed by atoms with E-state index in [2.05, 4.69) is 5.16 Å². The summed E-state index contributed by atoms with van der Waals surface area (Å²) >= 11 is 0. The molecule has 0 unspecified atom stereocenters. The summed E-state index contributed by atoms with van der Waals surface area (Å²) in [6.07, 6.45) is 4.23. The van der Waals surface area contributed by atoms with Gasteiger partial charge in [-0.3, -0.25) is 4.79 Å². The van der Waals surface area contributed by atoms with E-state index in [9.17, 15) is 9.18 Å². The largest absolute Gasteiger partial charge is 0.487 e. The summed E-state index contributed by atoms with van der Waals surface area (Å²) in [5.41, 5.74) is 3.02. The fraction of sp³-hybridized carbons (Fsp3) is 0.238. The molecule has 1 aliphatic rings. The minimum atomic E-state index is -0.361. The van der Waals surface area contributed by atoms with Crippen LogP contribution < -0.4 is 4.74 Å². The number of ketones is 1. The van der Waals surface area contributed by atoms with Gasteiger partial charge in [0.2, 0.25) is 0 Å². The molecule has 0 radical (unpaired) electrons. The Bertz CT molecular complexity index is 913. The second-order valence-corrected chi connectivity index (χ2v) is 6.39. The first-order valence-electron chi connectivity index (χ1n) is 8.70. The minimum absolute atomic E-state index is 0.151. The number of carbonyl (C=O) groups excluding carboxylic acids is 1. The van der Waals surface area contributed by atoms with Gasteiger partial charge in [-0.05, 0) is 67.8 Å². The van der Waals surface area contributed by atoms with E-state index in [-0.39, 0.29) is 11.6 Å². The number of nitrogens with zero attached hydrogens (tertiary/aromatic N) is 1. The van der Waals surface area contributed by atoms with Gasteiger partial charge in [0.05, 0.1) is 0 Å². The van der Waals surface area contributed by atoms with Gasteiger partial charge in [-0.25, -0.2) is 4.39 Å². The van der Waals surface area contributed by atoms with Gasteiger partial charge in [-0.1, -0.05) is 5.16 Å². The highest BCUT2D eigenvalue weighted by Gasteiger charge is 2.19. The zero-order valence-electron chi connectivity index (χ0n) is 14.2. The monoisotopic (exact) mass is 351 g/mol. The number of fused-ring (bicyclic) bond motifs is 1. The number of aryl methyl sites for hydroxylation is 1. The second-order valence-electron chi connectivity index (χ2n) is 6.39. The smallest absolute Gasteiger partial charge is 0.193 e. The summed E-state index contributed by atoms with van der Waals surface area (Å²) in [7, 11) is 0. The van der Waals surface area contributed by atoms with Crippen LogP contribution in [0, 0.1) is 5.82 Å².